The van der Waals surface area contributed by atoms with E-state index in [2.05, 4.69) is 10.3 Å². The zero-order chi connectivity index (χ0) is 6.85. The summed E-state index contributed by atoms with van der Waals surface area (Å²) in [6, 6.07) is 0.0185. The highest BCUT2D eigenvalue weighted by Gasteiger charge is 2.02. The monoisotopic (exact) mass is 126 g/mol. The number of hydrogen-bond acceptors (Lipinski definition) is 3. The van der Waals surface area contributed by atoms with Crippen molar-refractivity contribution in [2.75, 3.05) is 0 Å². The fourth-order valence-electron chi connectivity index (χ4n) is 0.710. The van der Waals surface area contributed by atoms with Crippen LogP contribution in [0.1, 0.15) is 18.7 Å². The average molecular weight is 126 g/mol. The van der Waals surface area contributed by atoms with Gasteiger partial charge in [-0.2, -0.15) is 0 Å². The van der Waals surface area contributed by atoms with Crippen LogP contribution in [0.15, 0.2) is 6.20 Å². The predicted molar refractivity (Wildman–Crippen MR) is 33.6 cm³/mol. The second-order valence-electron chi connectivity index (χ2n) is 2.07. The highest BCUT2D eigenvalue weighted by Crippen LogP contribution is 2.03. The van der Waals surface area contributed by atoms with Crippen molar-refractivity contribution in [3.63, 3.8) is 0 Å². The number of aromatic nitrogens is 3. The Morgan fingerprint density at radius 1 is 1.78 bits per heavy atom. The van der Waals surface area contributed by atoms with Gasteiger partial charge in [0.05, 0.1) is 11.9 Å². The summed E-state index contributed by atoms with van der Waals surface area (Å²) < 4.78 is 1.67. The molecule has 0 aliphatic heterocycles. The van der Waals surface area contributed by atoms with Gasteiger partial charge in [-0.25, -0.2) is 0 Å². The topological polar surface area (TPSA) is 56.7 Å². The molecule has 2 N–H and O–H groups in total. The Kier molecular flexibility index (Phi) is 1.48. The summed E-state index contributed by atoms with van der Waals surface area (Å²) in [5, 5.41) is 7.40. The van der Waals surface area contributed by atoms with Crippen molar-refractivity contribution in [3.05, 3.63) is 11.9 Å². The summed E-state index contributed by atoms with van der Waals surface area (Å²) in [6.45, 7) is 1.90. The summed E-state index contributed by atoms with van der Waals surface area (Å²) >= 11 is 0. The lowest BCUT2D eigenvalue weighted by atomic mass is 10.3. The molecule has 0 radical (unpaired) electrons. The van der Waals surface area contributed by atoms with Crippen molar-refractivity contribution in [2.24, 2.45) is 12.8 Å². The van der Waals surface area contributed by atoms with E-state index in [0.29, 0.717) is 0 Å². The molecule has 0 amide bonds. The summed E-state index contributed by atoms with van der Waals surface area (Å²) in [5.41, 5.74) is 6.51. The molecule has 0 fully saturated rings. The molecule has 1 rings (SSSR count). The summed E-state index contributed by atoms with van der Waals surface area (Å²) in [6.07, 6.45) is 1.67. The molecule has 9 heavy (non-hydrogen) atoms. The fraction of sp³-hybridized carbons (Fsp3) is 0.600. The number of nitrogens with zero attached hydrogens (tertiary/aromatic N) is 3. The van der Waals surface area contributed by atoms with E-state index in [1.807, 2.05) is 14.0 Å². The van der Waals surface area contributed by atoms with E-state index in [-0.39, 0.29) is 6.04 Å². The molecule has 0 saturated carbocycles. The van der Waals surface area contributed by atoms with E-state index in [1.165, 1.54) is 0 Å². The Bertz CT molecular complexity index is 191. The average Bonchev–Trinajstić information content (AvgIpc) is 2.13. The van der Waals surface area contributed by atoms with Crippen LogP contribution in [-0.4, -0.2) is 15.0 Å². The molecular weight excluding hydrogens is 116 g/mol. The molecule has 0 aromatic carbocycles. The zero-order valence-electron chi connectivity index (χ0n) is 5.57. The smallest absolute Gasteiger partial charge is 0.0748 e. The molecule has 4 heteroatoms. The molecular formula is C5H10N4. The second kappa shape index (κ2) is 2.14. The molecule has 1 atom stereocenters. The largest absolute Gasteiger partial charge is 0.323 e. The Morgan fingerprint density at radius 2 is 2.44 bits per heavy atom. The molecule has 0 aliphatic rings. The highest BCUT2D eigenvalue weighted by atomic mass is 15.4. The first-order valence-electron chi connectivity index (χ1n) is 2.82. The van der Waals surface area contributed by atoms with E-state index >= 15 is 0 Å². The molecule has 4 nitrogen and oxygen atoms in total. The minimum Gasteiger partial charge on any atom is -0.323 e. The van der Waals surface area contributed by atoms with E-state index in [9.17, 15) is 0 Å². The quantitative estimate of drug-likeness (QED) is 0.568. The molecule has 50 valence electrons. The van der Waals surface area contributed by atoms with Crippen molar-refractivity contribution >= 4 is 0 Å². The molecule has 1 aromatic rings. The minimum absolute atomic E-state index is 0.0185. The highest BCUT2D eigenvalue weighted by molar-refractivity contribution is 4.98. The Hall–Kier alpha value is -0.900. The van der Waals surface area contributed by atoms with Gasteiger partial charge in [0.2, 0.25) is 0 Å². The van der Waals surface area contributed by atoms with Crippen LogP contribution in [0, 0.1) is 0 Å². The van der Waals surface area contributed by atoms with Gasteiger partial charge in [-0.1, -0.05) is 5.21 Å². The van der Waals surface area contributed by atoms with E-state index in [4.69, 9.17) is 5.73 Å². The summed E-state index contributed by atoms with van der Waals surface area (Å²) in [5.74, 6) is 0. The maximum absolute atomic E-state index is 5.56. The van der Waals surface area contributed by atoms with Crippen LogP contribution in [0.4, 0.5) is 0 Å². The lowest BCUT2D eigenvalue weighted by Gasteiger charge is -2.01. The van der Waals surface area contributed by atoms with Gasteiger partial charge < -0.3 is 5.73 Å². The normalized spacial score (nSPS) is 13.7. The summed E-state index contributed by atoms with van der Waals surface area (Å²) in [7, 11) is 1.83. The maximum atomic E-state index is 5.56. The van der Waals surface area contributed by atoms with Crippen LogP contribution in [-0.2, 0) is 7.05 Å². The van der Waals surface area contributed by atoms with Crippen molar-refractivity contribution in [3.8, 4) is 0 Å². The summed E-state index contributed by atoms with van der Waals surface area (Å²) in [4.78, 5) is 0. The number of aryl methyl sites for hydroxylation is 1. The van der Waals surface area contributed by atoms with Gasteiger partial charge in [-0.15, -0.1) is 5.10 Å². The van der Waals surface area contributed by atoms with E-state index in [1.54, 1.807) is 10.9 Å². The lowest BCUT2D eigenvalue weighted by Crippen LogP contribution is -2.10. The molecule has 0 bridgehead atoms. The van der Waals surface area contributed by atoms with Crippen molar-refractivity contribution in [1.82, 2.24) is 15.0 Å². The molecule has 0 unspecified atom stereocenters. The van der Waals surface area contributed by atoms with Gasteiger partial charge in [0.25, 0.3) is 0 Å². The van der Waals surface area contributed by atoms with Gasteiger partial charge >= 0.3 is 0 Å². The molecule has 0 aliphatic carbocycles. The van der Waals surface area contributed by atoms with Crippen LogP contribution in [0.3, 0.4) is 0 Å². The molecule has 0 saturated heterocycles. The van der Waals surface area contributed by atoms with Gasteiger partial charge in [-0.05, 0) is 6.92 Å². The van der Waals surface area contributed by atoms with Crippen molar-refractivity contribution in [1.29, 1.82) is 0 Å². The van der Waals surface area contributed by atoms with Crippen molar-refractivity contribution in [2.45, 2.75) is 13.0 Å². The standard InChI is InChI=1S/C5H10N4/c1-4(6)5-3-7-8-9(5)2/h3-4H,6H2,1-2H3/t4-/m0/s1. The van der Waals surface area contributed by atoms with Crippen LogP contribution in [0.5, 0.6) is 0 Å². The van der Waals surface area contributed by atoms with Gasteiger partial charge in [0.1, 0.15) is 0 Å². The van der Waals surface area contributed by atoms with Crippen LogP contribution in [0.25, 0.3) is 0 Å². The lowest BCUT2D eigenvalue weighted by molar-refractivity contribution is 0.637. The first-order valence-corrected chi connectivity index (χ1v) is 2.82. The SMILES string of the molecule is C[C@H](N)c1cnnn1C. The van der Waals surface area contributed by atoms with Gasteiger partial charge in [-0.3, -0.25) is 4.68 Å². The third-order valence-electron chi connectivity index (χ3n) is 1.22. The third-order valence-corrected chi connectivity index (χ3v) is 1.22. The molecule has 1 aromatic heterocycles. The Balaban J connectivity index is 2.94. The third kappa shape index (κ3) is 1.08. The Morgan fingerprint density at radius 3 is 2.67 bits per heavy atom. The van der Waals surface area contributed by atoms with Crippen LogP contribution in [0.2, 0.25) is 0 Å². The fourth-order valence-corrected chi connectivity index (χ4v) is 0.710. The number of nitrogens with two attached hydrogens (primary N) is 1. The van der Waals surface area contributed by atoms with Crippen molar-refractivity contribution < 1.29 is 0 Å². The van der Waals surface area contributed by atoms with Gasteiger partial charge in [0.15, 0.2) is 0 Å². The maximum Gasteiger partial charge on any atom is 0.0748 e. The minimum atomic E-state index is 0.0185. The number of rotatable bonds is 1. The van der Waals surface area contributed by atoms with E-state index < -0.39 is 0 Å². The van der Waals surface area contributed by atoms with Crippen LogP contribution >= 0.6 is 0 Å². The first-order chi connectivity index (χ1) is 4.22. The molecule has 0 spiro atoms. The first kappa shape index (κ1) is 6.22. The number of hydrogen-bond donors (Lipinski definition) is 1. The Labute approximate surface area is 53.7 Å². The predicted octanol–water partition coefficient (Wildman–Crippen LogP) is -0.165. The van der Waals surface area contributed by atoms with Gasteiger partial charge in [0, 0.05) is 13.1 Å². The zero-order valence-corrected chi connectivity index (χ0v) is 5.57. The van der Waals surface area contributed by atoms with Crippen LogP contribution < -0.4 is 5.73 Å². The molecule has 1 heterocycles. The second-order valence-corrected chi connectivity index (χ2v) is 2.07. The van der Waals surface area contributed by atoms with E-state index in [0.717, 1.165) is 5.69 Å².